The van der Waals surface area contributed by atoms with Gasteiger partial charge in [-0.2, -0.15) is 0 Å². The minimum atomic E-state index is 0.134. The van der Waals surface area contributed by atoms with Crippen molar-refractivity contribution in [1.82, 2.24) is 9.88 Å². The van der Waals surface area contributed by atoms with Gasteiger partial charge in [-0.05, 0) is 18.7 Å². The van der Waals surface area contributed by atoms with Gasteiger partial charge in [0.25, 0.3) is 0 Å². The van der Waals surface area contributed by atoms with Crippen molar-refractivity contribution in [1.29, 1.82) is 0 Å². The predicted octanol–water partition coefficient (Wildman–Crippen LogP) is 3.19. The number of hydrogen-bond acceptors (Lipinski definition) is 2. The topological polar surface area (TPSA) is 16.1 Å². The molecule has 0 radical (unpaired) electrons. The molecule has 1 aromatic heterocycles. The number of hydrogen-bond donors (Lipinski definition) is 0. The van der Waals surface area contributed by atoms with E-state index >= 15 is 0 Å². The summed E-state index contributed by atoms with van der Waals surface area (Å²) in [6.45, 7) is 0.793. The van der Waals surface area contributed by atoms with Crippen molar-refractivity contribution in [2.24, 2.45) is 0 Å². The molecule has 0 bridgehead atoms. The van der Waals surface area contributed by atoms with Gasteiger partial charge in [0, 0.05) is 30.5 Å². The molecule has 1 heterocycles. The fourth-order valence-electron chi connectivity index (χ4n) is 1.33. The first-order valence-corrected chi connectivity index (χ1v) is 6.07. The van der Waals surface area contributed by atoms with E-state index in [1.807, 2.05) is 13.1 Å². The molecule has 15 heavy (non-hydrogen) atoms. The van der Waals surface area contributed by atoms with Gasteiger partial charge in [-0.25, -0.2) is 4.98 Å². The molecule has 1 unspecified atom stereocenters. The molecule has 0 N–H and O–H groups in total. The Morgan fingerprint density at radius 2 is 2.13 bits per heavy atom. The average Bonchev–Trinajstić information content (AvgIpc) is 2.22. The Kier molecular flexibility index (Phi) is 5.69. The molecular weight excluding hydrogens is 254 g/mol. The first-order valence-electron chi connectivity index (χ1n) is 4.62. The van der Waals surface area contributed by atoms with Crippen LogP contribution >= 0.6 is 34.8 Å². The van der Waals surface area contributed by atoms with Crippen molar-refractivity contribution in [3.8, 4) is 0 Å². The summed E-state index contributed by atoms with van der Waals surface area (Å²) in [6, 6.07) is 3.84. The van der Waals surface area contributed by atoms with E-state index in [4.69, 9.17) is 34.8 Å². The van der Waals surface area contributed by atoms with Crippen LogP contribution in [0.1, 0.15) is 11.6 Å². The number of nitrogens with zero attached hydrogens (tertiary/aromatic N) is 2. The SMILES string of the molecule is CN(CCCl)C(CCl)c1ccc(Cl)nc1. The molecule has 0 aliphatic heterocycles. The molecule has 2 nitrogen and oxygen atoms in total. The van der Waals surface area contributed by atoms with Gasteiger partial charge >= 0.3 is 0 Å². The molecule has 0 amide bonds. The van der Waals surface area contributed by atoms with Gasteiger partial charge in [-0.1, -0.05) is 17.7 Å². The number of alkyl halides is 2. The first kappa shape index (κ1) is 13.0. The van der Waals surface area contributed by atoms with E-state index < -0.39 is 0 Å². The van der Waals surface area contributed by atoms with Gasteiger partial charge < -0.3 is 0 Å². The van der Waals surface area contributed by atoms with E-state index in [1.54, 1.807) is 12.3 Å². The van der Waals surface area contributed by atoms with Crippen molar-refractivity contribution in [2.75, 3.05) is 25.4 Å². The van der Waals surface area contributed by atoms with Crippen molar-refractivity contribution < 1.29 is 0 Å². The van der Waals surface area contributed by atoms with E-state index in [-0.39, 0.29) is 6.04 Å². The first-order chi connectivity index (χ1) is 7.19. The van der Waals surface area contributed by atoms with Gasteiger partial charge in [0.1, 0.15) is 5.15 Å². The van der Waals surface area contributed by atoms with Crippen LogP contribution < -0.4 is 0 Å². The highest BCUT2D eigenvalue weighted by atomic mass is 35.5. The minimum Gasteiger partial charge on any atom is -0.297 e. The molecule has 1 atom stereocenters. The Morgan fingerprint density at radius 1 is 1.40 bits per heavy atom. The van der Waals surface area contributed by atoms with Crippen LogP contribution in [0, 0.1) is 0 Å². The Balaban J connectivity index is 2.77. The lowest BCUT2D eigenvalue weighted by atomic mass is 10.1. The maximum Gasteiger partial charge on any atom is 0.129 e. The molecule has 5 heteroatoms. The van der Waals surface area contributed by atoms with Gasteiger partial charge in [0.05, 0.1) is 0 Å². The van der Waals surface area contributed by atoms with Crippen LogP contribution in [-0.4, -0.2) is 35.2 Å². The lowest BCUT2D eigenvalue weighted by Gasteiger charge is -2.25. The van der Waals surface area contributed by atoms with Crippen molar-refractivity contribution in [3.63, 3.8) is 0 Å². The smallest absolute Gasteiger partial charge is 0.129 e. The Bertz CT molecular complexity index is 289. The van der Waals surface area contributed by atoms with Crippen LogP contribution in [0.15, 0.2) is 18.3 Å². The van der Waals surface area contributed by atoms with Crippen molar-refractivity contribution in [2.45, 2.75) is 6.04 Å². The zero-order valence-corrected chi connectivity index (χ0v) is 10.7. The molecule has 0 saturated heterocycles. The molecule has 0 fully saturated rings. The van der Waals surface area contributed by atoms with Crippen LogP contribution in [-0.2, 0) is 0 Å². The van der Waals surface area contributed by atoms with E-state index in [9.17, 15) is 0 Å². The second kappa shape index (κ2) is 6.54. The predicted molar refractivity (Wildman–Crippen MR) is 66.1 cm³/mol. The maximum absolute atomic E-state index is 5.93. The second-order valence-corrected chi connectivity index (χ2v) is 4.33. The quantitative estimate of drug-likeness (QED) is 0.602. The third-order valence-electron chi connectivity index (χ3n) is 2.25. The van der Waals surface area contributed by atoms with E-state index in [0.29, 0.717) is 16.9 Å². The number of aromatic nitrogens is 1. The van der Waals surface area contributed by atoms with Crippen LogP contribution in [0.3, 0.4) is 0 Å². The fraction of sp³-hybridized carbons (Fsp3) is 0.500. The highest BCUT2D eigenvalue weighted by Gasteiger charge is 2.15. The highest BCUT2D eigenvalue weighted by Crippen LogP contribution is 2.21. The number of halogens is 3. The number of rotatable bonds is 5. The lowest BCUT2D eigenvalue weighted by molar-refractivity contribution is 0.280. The van der Waals surface area contributed by atoms with E-state index in [0.717, 1.165) is 12.1 Å². The molecule has 1 rings (SSSR count). The monoisotopic (exact) mass is 266 g/mol. The largest absolute Gasteiger partial charge is 0.297 e. The van der Waals surface area contributed by atoms with E-state index in [1.165, 1.54) is 0 Å². The molecule has 1 aromatic rings. The Morgan fingerprint density at radius 3 is 2.60 bits per heavy atom. The third kappa shape index (κ3) is 3.80. The Hall–Kier alpha value is -0.0200. The van der Waals surface area contributed by atoms with Crippen molar-refractivity contribution >= 4 is 34.8 Å². The fourth-order valence-corrected chi connectivity index (χ4v) is 2.13. The number of pyridine rings is 1. The standard InChI is InChI=1S/C10H13Cl3N2/c1-15(5-4-11)9(6-12)8-2-3-10(13)14-7-8/h2-3,7,9H,4-6H2,1H3. The summed E-state index contributed by atoms with van der Waals surface area (Å²) in [5, 5.41) is 0.493. The summed E-state index contributed by atoms with van der Waals surface area (Å²) in [4.78, 5) is 6.14. The van der Waals surface area contributed by atoms with Crippen LogP contribution in [0.2, 0.25) is 5.15 Å². The average molecular weight is 268 g/mol. The van der Waals surface area contributed by atoms with Gasteiger partial charge in [-0.3, -0.25) is 4.90 Å². The van der Waals surface area contributed by atoms with Gasteiger partial charge in [-0.15, -0.1) is 23.2 Å². The summed E-state index contributed by atoms with van der Waals surface area (Å²) >= 11 is 17.3. The molecular formula is C10H13Cl3N2. The normalized spacial score (nSPS) is 13.1. The molecule has 0 saturated carbocycles. The van der Waals surface area contributed by atoms with Gasteiger partial charge in [0.15, 0.2) is 0 Å². The lowest BCUT2D eigenvalue weighted by Crippen LogP contribution is -2.27. The van der Waals surface area contributed by atoms with Crippen LogP contribution in [0.4, 0.5) is 0 Å². The zero-order chi connectivity index (χ0) is 11.3. The minimum absolute atomic E-state index is 0.134. The van der Waals surface area contributed by atoms with Gasteiger partial charge in [0.2, 0.25) is 0 Å². The summed E-state index contributed by atoms with van der Waals surface area (Å²) < 4.78 is 0. The van der Waals surface area contributed by atoms with Crippen LogP contribution in [0.25, 0.3) is 0 Å². The second-order valence-electron chi connectivity index (χ2n) is 3.25. The van der Waals surface area contributed by atoms with Crippen molar-refractivity contribution in [3.05, 3.63) is 29.0 Å². The van der Waals surface area contributed by atoms with E-state index in [2.05, 4.69) is 9.88 Å². The Labute approximate surface area is 105 Å². The van der Waals surface area contributed by atoms with Crippen LogP contribution in [0.5, 0.6) is 0 Å². The molecule has 0 aliphatic rings. The summed E-state index contributed by atoms with van der Waals surface area (Å²) in [6.07, 6.45) is 1.75. The summed E-state index contributed by atoms with van der Waals surface area (Å²) in [5.74, 6) is 1.10. The molecule has 0 aliphatic carbocycles. The zero-order valence-electron chi connectivity index (χ0n) is 8.46. The summed E-state index contributed by atoms with van der Waals surface area (Å²) in [7, 11) is 1.99. The third-order valence-corrected chi connectivity index (χ3v) is 2.94. The maximum atomic E-state index is 5.93. The molecule has 0 aromatic carbocycles. The molecule has 0 spiro atoms. The highest BCUT2D eigenvalue weighted by molar-refractivity contribution is 6.29. The molecule has 84 valence electrons. The summed E-state index contributed by atoms with van der Waals surface area (Å²) in [5.41, 5.74) is 1.06.